The van der Waals surface area contributed by atoms with Crippen molar-refractivity contribution >= 4 is 23.5 Å². The molecule has 0 spiro atoms. The number of benzene rings is 1. The van der Waals surface area contributed by atoms with Crippen LogP contribution in [0.4, 0.5) is 5.69 Å². The van der Waals surface area contributed by atoms with Crippen molar-refractivity contribution < 1.29 is 4.79 Å². The zero-order valence-electron chi connectivity index (χ0n) is 11.9. The van der Waals surface area contributed by atoms with Gasteiger partial charge in [0.25, 0.3) is 5.91 Å². The summed E-state index contributed by atoms with van der Waals surface area (Å²) in [6.45, 7) is 2.55. The first-order valence-corrected chi connectivity index (χ1v) is 6.71. The van der Waals surface area contributed by atoms with Crippen molar-refractivity contribution in [1.29, 1.82) is 0 Å². The number of aromatic nitrogens is 2. The number of hydrogen-bond donors (Lipinski definition) is 0. The Hall–Kier alpha value is -2.76. The van der Waals surface area contributed by atoms with Gasteiger partial charge in [0.1, 0.15) is 0 Å². The summed E-state index contributed by atoms with van der Waals surface area (Å²) in [5.74, 6) is -0.109. The summed E-state index contributed by atoms with van der Waals surface area (Å²) in [7, 11) is 1.83. The second-order valence-corrected chi connectivity index (χ2v) is 4.71. The highest BCUT2D eigenvalue weighted by Gasteiger charge is 2.32. The van der Waals surface area contributed by atoms with E-state index in [9.17, 15) is 4.79 Å². The Balaban J connectivity index is 1.93. The Kier molecular flexibility index (Phi) is 3.35. The van der Waals surface area contributed by atoms with Crippen LogP contribution in [-0.2, 0) is 11.8 Å². The Morgan fingerprint density at radius 2 is 2.14 bits per heavy atom. The van der Waals surface area contributed by atoms with Crippen molar-refractivity contribution in [3.8, 4) is 0 Å². The van der Waals surface area contributed by atoms with E-state index in [1.165, 1.54) is 0 Å². The van der Waals surface area contributed by atoms with Crippen molar-refractivity contribution in [2.75, 3.05) is 11.4 Å². The number of carbonyl (C=O) groups excluding carboxylic acids is 1. The number of aryl methyl sites for hydroxylation is 1. The van der Waals surface area contributed by atoms with Crippen LogP contribution in [0.2, 0.25) is 0 Å². The highest BCUT2D eigenvalue weighted by atomic mass is 16.2. The molecule has 6 nitrogen and oxygen atoms in total. The minimum absolute atomic E-state index is 0.109. The van der Waals surface area contributed by atoms with Gasteiger partial charge in [0.2, 0.25) is 0 Å². The molecule has 2 aromatic rings. The number of hydrogen-bond acceptors (Lipinski definition) is 4. The molecule has 106 valence electrons. The number of para-hydroxylation sites is 1. The van der Waals surface area contributed by atoms with Gasteiger partial charge in [-0.3, -0.25) is 9.48 Å². The van der Waals surface area contributed by atoms with E-state index in [0.717, 1.165) is 16.8 Å². The van der Waals surface area contributed by atoms with Crippen LogP contribution >= 0.6 is 0 Å². The van der Waals surface area contributed by atoms with Gasteiger partial charge in [-0.25, -0.2) is 0 Å². The minimum Gasteiger partial charge on any atom is -0.307 e. The molecular formula is C15H15N5O. The molecule has 0 atom stereocenters. The Morgan fingerprint density at radius 3 is 2.86 bits per heavy atom. The maximum Gasteiger partial charge on any atom is 0.279 e. The van der Waals surface area contributed by atoms with E-state index in [2.05, 4.69) is 15.3 Å². The monoisotopic (exact) mass is 281 g/mol. The van der Waals surface area contributed by atoms with Crippen LogP contribution in [0.25, 0.3) is 0 Å². The summed E-state index contributed by atoms with van der Waals surface area (Å²) in [4.78, 5) is 14.0. The molecule has 0 saturated heterocycles. The normalized spacial score (nSPS) is 16.2. The number of nitrogens with zero attached hydrogens (tertiary/aromatic N) is 5. The standard InChI is InChI=1S/C15H15N5O/c1-3-20-13-7-5-4-6-12(13)14(15(20)21)18-16-8-11-9-17-19(2)10-11/h4-10H,3H2,1-2H3/b16-8+,18-14+. The van der Waals surface area contributed by atoms with Gasteiger partial charge in [0, 0.05) is 30.9 Å². The van der Waals surface area contributed by atoms with E-state index in [0.29, 0.717) is 12.3 Å². The van der Waals surface area contributed by atoms with E-state index >= 15 is 0 Å². The quantitative estimate of drug-likeness (QED) is 0.634. The molecule has 1 amide bonds. The van der Waals surface area contributed by atoms with Gasteiger partial charge in [-0.1, -0.05) is 18.2 Å². The molecule has 1 aromatic heterocycles. The lowest BCUT2D eigenvalue weighted by Crippen LogP contribution is -2.29. The first kappa shape index (κ1) is 13.2. The van der Waals surface area contributed by atoms with Crippen molar-refractivity contribution in [3.63, 3.8) is 0 Å². The predicted octanol–water partition coefficient (Wildman–Crippen LogP) is 1.61. The number of anilines is 1. The molecule has 3 rings (SSSR count). The van der Waals surface area contributed by atoms with Crippen LogP contribution in [-0.4, -0.2) is 34.2 Å². The van der Waals surface area contributed by atoms with Crippen LogP contribution in [0, 0.1) is 0 Å². The third kappa shape index (κ3) is 2.35. The number of amides is 1. The largest absolute Gasteiger partial charge is 0.307 e. The van der Waals surface area contributed by atoms with Gasteiger partial charge in [0.15, 0.2) is 5.71 Å². The first-order chi connectivity index (χ1) is 10.2. The molecule has 0 aliphatic carbocycles. The number of likely N-dealkylation sites (N-methyl/N-ethyl adjacent to an activating group) is 1. The number of rotatable bonds is 3. The Labute approximate surface area is 122 Å². The maximum absolute atomic E-state index is 12.3. The van der Waals surface area contributed by atoms with Crippen LogP contribution in [0.3, 0.4) is 0 Å². The second-order valence-electron chi connectivity index (χ2n) is 4.71. The molecule has 6 heteroatoms. The lowest BCUT2D eigenvalue weighted by molar-refractivity contribution is -0.112. The first-order valence-electron chi connectivity index (χ1n) is 6.71. The Morgan fingerprint density at radius 1 is 1.33 bits per heavy atom. The zero-order valence-corrected chi connectivity index (χ0v) is 11.9. The summed E-state index contributed by atoms with van der Waals surface area (Å²) in [5.41, 5.74) is 2.94. The summed E-state index contributed by atoms with van der Waals surface area (Å²) in [6, 6.07) is 7.62. The molecule has 0 radical (unpaired) electrons. The molecule has 0 unspecified atom stereocenters. The van der Waals surface area contributed by atoms with Crippen LogP contribution in [0.15, 0.2) is 46.9 Å². The molecule has 0 fully saturated rings. The van der Waals surface area contributed by atoms with Crippen LogP contribution < -0.4 is 4.90 Å². The van der Waals surface area contributed by atoms with Crippen molar-refractivity contribution in [2.24, 2.45) is 17.3 Å². The summed E-state index contributed by atoms with van der Waals surface area (Å²) >= 11 is 0. The molecule has 21 heavy (non-hydrogen) atoms. The molecule has 2 heterocycles. The van der Waals surface area contributed by atoms with Crippen LogP contribution in [0.5, 0.6) is 0 Å². The third-order valence-electron chi connectivity index (χ3n) is 3.30. The van der Waals surface area contributed by atoms with E-state index < -0.39 is 0 Å². The lowest BCUT2D eigenvalue weighted by atomic mass is 10.1. The number of carbonyl (C=O) groups is 1. The number of fused-ring (bicyclic) bond motifs is 1. The maximum atomic E-state index is 12.3. The van der Waals surface area contributed by atoms with Crippen molar-refractivity contribution in [1.82, 2.24) is 9.78 Å². The fourth-order valence-corrected chi connectivity index (χ4v) is 2.33. The summed E-state index contributed by atoms with van der Waals surface area (Å²) < 4.78 is 1.68. The second kappa shape index (κ2) is 5.32. The molecule has 1 aliphatic heterocycles. The summed E-state index contributed by atoms with van der Waals surface area (Å²) in [5, 5.41) is 12.2. The van der Waals surface area contributed by atoms with E-state index in [-0.39, 0.29) is 5.91 Å². The molecule has 0 saturated carbocycles. The third-order valence-corrected chi connectivity index (χ3v) is 3.30. The molecular weight excluding hydrogens is 266 g/mol. The Bertz CT molecular complexity index is 744. The fraction of sp³-hybridized carbons (Fsp3) is 0.200. The fourth-order valence-electron chi connectivity index (χ4n) is 2.33. The molecule has 0 bridgehead atoms. The van der Waals surface area contributed by atoms with Gasteiger partial charge in [-0.05, 0) is 13.0 Å². The van der Waals surface area contributed by atoms with E-state index in [1.54, 1.807) is 22.0 Å². The average Bonchev–Trinajstić information content (AvgIpc) is 3.01. The molecule has 1 aliphatic rings. The van der Waals surface area contributed by atoms with Gasteiger partial charge in [-0.15, -0.1) is 5.10 Å². The predicted molar refractivity (Wildman–Crippen MR) is 81.8 cm³/mol. The minimum atomic E-state index is -0.109. The van der Waals surface area contributed by atoms with E-state index in [4.69, 9.17) is 0 Å². The van der Waals surface area contributed by atoms with Crippen molar-refractivity contribution in [2.45, 2.75) is 6.92 Å². The lowest BCUT2D eigenvalue weighted by Gasteiger charge is -2.12. The smallest absolute Gasteiger partial charge is 0.279 e. The zero-order chi connectivity index (χ0) is 14.8. The van der Waals surface area contributed by atoms with Gasteiger partial charge < -0.3 is 4.90 Å². The molecule has 1 aromatic carbocycles. The summed E-state index contributed by atoms with van der Waals surface area (Å²) in [6.07, 6.45) is 5.10. The molecule has 0 N–H and O–H groups in total. The highest BCUT2D eigenvalue weighted by Crippen LogP contribution is 2.28. The SMILES string of the molecule is CCN1C(=O)/C(=N/N=C/c2cnn(C)c2)c2ccccc21. The average molecular weight is 281 g/mol. The highest BCUT2D eigenvalue weighted by molar-refractivity contribution is 6.54. The van der Waals surface area contributed by atoms with Crippen LogP contribution in [0.1, 0.15) is 18.1 Å². The topological polar surface area (TPSA) is 62.9 Å². The van der Waals surface area contributed by atoms with Crippen molar-refractivity contribution in [3.05, 3.63) is 47.8 Å². The van der Waals surface area contributed by atoms with Gasteiger partial charge in [0.05, 0.1) is 18.1 Å². The van der Waals surface area contributed by atoms with Gasteiger partial charge in [-0.2, -0.15) is 10.2 Å². The van der Waals surface area contributed by atoms with Gasteiger partial charge >= 0.3 is 0 Å². The van der Waals surface area contributed by atoms with E-state index in [1.807, 2.05) is 44.4 Å².